The topological polar surface area (TPSA) is 58.6 Å². The number of hydrogen-bond acceptors (Lipinski definition) is 3. The molecular weight excluding hydrogens is 364 g/mol. The first-order valence-corrected chi connectivity index (χ1v) is 9.42. The third-order valence-electron chi connectivity index (χ3n) is 4.08. The van der Waals surface area contributed by atoms with Crippen molar-refractivity contribution in [3.05, 3.63) is 58.6 Å². The minimum Gasteiger partial charge on any atom is -0.495 e. The molecule has 2 aromatic rings. The van der Waals surface area contributed by atoms with Gasteiger partial charge >= 0.3 is 0 Å². The zero-order valence-electron chi connectivity index (χ0n) is 15.9. The van der Waals surface area contributed by atoms with Gasteiger partial charge in [0.1, 0.15) is 5.75 Å². The molecule has 2 aromatic carbocycles. The highest BCUT2D eigenvalue weighted by Gasteiger charge is 2.15. The molecule has 0 spiro atoms. The average molecular weight is 389 g/mol. The van der Waals surface area contributed by atoms with Gasteiger partial charge in [-0.1, -0.05) is 25.4 Å². The number of methoxy groups -OCH3 is 1. The Hall–Kier alpha value is -2.53. The van der Waals surface area contributed by atoms with Crippen LogP contribution in [0.15, 0.2) is 42.5 Å². The average Bonchev–Trinajstić information content (AvgIpc) is 2.67. The maximum atomic E-state index is 12.6. The molecule has 0 saturated carbocycles. The van der Waals surface area contributed by atoms with Crippen molar-refractivity contribution in [1.82, 2.24) is 4.90 Å². The second kappa shape index (κ2) is 9.97. The number of nitrogens with one attached hydrogen (secondary N) is 1. The molecule has 0 aliphatic heterocycles. The first-order chi connectivity index (χ1) is 13.0. The van der Waals surface area contributed by atoms with Crippen LogP contribution in [0.3, 0.4) is 0 Å². The summed E-state index contributed by atoms with van der Waals surface area (Å²) in [5, 5.41) is 3.21. The van der Waals surface area contributed by atoms with Crippen molar-refractivity contribution in [2.45, 2.75) is 26.7 Å². The summed E-state index contributed by atoms with van der Waals surface area (Å²) in [6, 6.07) is 11.7. The van der Waals surface area contributed by atoms with Gasteiger partial charge in [0.15, 0.2) is 0 Å². The zero-order chi connectivity index (χ0) is 19.8. The summed E-state index contributed by atoms with van der Waals surface area (Å²) in [6.45, 7) is 5.56. The molecule has 5 nitrogen and oxygen atoms in total. The predicted octanol–water partition coefficient (Wildman–Crippen LogP) is 4.86. The molecule has 0 heterocycles. The summed E-state index contributed by atoms with van der Waals surface area (Å²) in [6.07, 6.45) is 1.83. The van der Waals surface area contributed by atoms with Crippen molar-refractivity contribution in [2.24, 2.45) is 0 Å². The van der Waals surface area contributed by atoms with E-state index in [0.717, 1.165) is 25.9 Å². The molecule has 0 aliphatic rings. The maximum Gasteiger partial charge on any atom is 0.255 e. The van der Waals surface area contributed by atoms with E-state index in [2.05, 4.69) is 19.2 Å². The van der Waals surface area contributed by atoms with Crippen LogP contribution in [-0.2, 0) is 0 Å². The molecular formula is C21H25ClN2O3. The smallest absolute Gasteiger partial charge is 0.255 e. The third kappa shape index (κ3) is 5.47. The van der Waals surface area contributed by atoms with Crippen LogP contribution in [0.25, 0.3) is 0 Å². The molecule has 144 valence electrons. The van der Waals surface area contributed by atoms with E-state index in [-0.39, 0.29) is 11.8 Å². The minimum absolute atomic E-state index is 0.00686. The summed E-state index contributed by atoms with van der Waals surface area (Å²) in [5.74, 6) is 0.267. The largest absolute Gasteiger partial charge is 0.495 e. The number of halogens is 1. The van der Waals surface area contributed by atoms with Gasteiger partial charge in [0.25, 0.3) is 11.8 Å². The number of benzene rings is 2. The lowest BCUT2D eigenvalue weighted by Crippen LogP contribution is -2.32. The number of carbonyl (C=O) groups is 2. The van der Waals surface area contributed by atoms with E-state index in [1.807, 2.05) is 4.90 Å². The molecule has 0 unspecified atom stereocenters. The van der Waals surface area contributed by atoms with Crippen molar-refractivity contribution >= 4 is 29.1 Å². The van der Waals surface area contributed by atoms with E-state index in [1.54, 1.807) is 42.5 Å². The monoisotopic (exact) mass is 388 g/mol. The van der Waals surface area contributed by atoms with E-state index < -0.39 is 0 Å². The Bertz CT molecular complexity index is 785. The fourth-order valence-corrected chi connectivity index (χ4v) is 3.01. The molecule has 0 saturated heterocycles. The van der Waals surface area contributed by atoms with E-state index in [4.69, 9.17) is 16.3 Å². The van der Waals surface area contributed by atoms with E-state index >= 15 is 0 Å². The van der Waals surface area contributed by atoms with Crippen molar-refractivity contribution in [3.63, 3.8) is 0 Å². The molecule has 0 aliphatic carbocycles. The second-order valence-corrected chi connectivity index (χ2v) is 6.58. The van der Waals surface area contributed by atoms with Crippen LogP contribution in [0.5, 0.6) is 5.75 Å². The van der Waals surface area contributed by atoms with Gasteiger partial charge in [-0.15, -0.1) is 0 Å². The molecule has 1 N–H and O–H groups in total. The van der Waals surface area contributed by atoms with Crippen LogP contribution < -0.4 is 10.1 Å². The van der Waals surface area contributed by atoms with Crippen LogP contribution in [0.1, 0.15) is 47.4 Å². The lowest BCUT2D eigenvalue weighted by atomic mass is 10.1. The van der Waals surface area contributed by atoms with Gasteiger partial charge in [-0.05, 0) is 55.3 Å². The van der Waals surface area contributed by atoms with Gasteiger partial charge in [0.05, 0.1) is 12.1 Å². The highest BCUT2D eigenvalue weighted by molar-refractivity contribution is 6.32. The Morgan fingerprint density at radius 2 is 1.59 bits per heavy atom. The Balaban J connectivity index is 2.08. The first-order valence-electron chi connectivity index (χ1n) is 9.04. The van der Waals surface area contributed by atoms with Crippen molar-refractivity contribution < 1.29 is 14.3 Å². The molecule has 0 bridgehead atoms. The standard InChI is InChI=1S/C21H25ClN2O3/c1-4-12-24(13-5-2)21(26)16-8-6-15(7-9-16)20(25)23-17-10-11-19(27-3)18(22)14-17/h6-11,14H,4-5,12-13H2,1-3H3,(H,23,25). The van der Waals surface area contributed by atoms with Crippen LogP contribution in [0.4, 0.5) is 5.69 Å². The minimum atomic E-state index is -0.269. The fraction of sp³-hybridized carbons (Fsp3) is 0.333. The number of amides is 2. The Morgan fingerprint density at radius 1 is 1.00 bits per heavy atom. The predicted molar refractivity (Wildman–Crippen MR) is 109 cm³/mol. The van der Waals surface area contributed by atoms with Gasteiger partial charge in [0, 0.05) is 29.9 Å². The highest BCUT2D eigenvalue weighted by Crippen LogP contribution is 2.27. The normalized spacial score (nSPS) is 10.4. The molecule has 0 atom stereocenters. The summed E-state index contributed by atoms with van der Waals surface area (Å²) in [4.78, 5) is 26.9. The van der Waals surface area contributed by atoms with Crippen LogP contribution >= 0.6 is 11.6 Å². The quantitative estimate of drug-likeness (QED) is 0.702. The van der Waals surface area contributed by atoms with Crippen molar-refractivity contribution in [2.75, 3.05) is 25.5 Å². The summed E-state index contributed by atoms with van der Waals surface area (Å²) >= 11 is 6.08. The highest BCUT2D eigenvalue weighted by atomic mass is 35.5. The Labute approximate surface area is 165 Å². The summed E-state index contributed by atoms with van der Waals surface area (Å²) in [5.41, 5.74) is 1.62. The molecule has 27 heavy (non-hydrogen) atoms. The SMILES string of the molecule is CCCN(CCC)C(=O)c1ccc(C(=O)Nc2ccc(OC)c(Cl)c2)cc1. The van der Waals surface area contributed by atoms with Crippen LogP contribution in [-0.4, -0.2) is 36.9 Å². The molecule has 0 fully saturated rings. The lowest BCUT2D eigenvalue weighted by Gasteiger charge is -2.21. The van der Waals surface area contributed by atoms with Crippen molar-refractivity contribution in [1.29, 1.82) is 0 Å². The molecule has 2 rings (SSSR count). The number of nitrogens with zero attached hydrogens (tertiary/aromatic N) is 1. The van der Waals surface area contributed by atoms with E-state index in [0.29, 0.717) is 27.6 Å². The Kier molecular flexibility index (Phi) is 7.67. The van der Waals surface area contributed by atoms with Crippen LogP contribution in [0.2, 0.25) is 5.02 Å². The number of ether oxygens (including phenoxy) is 1. The van der Waals surface area contributed by atoms with Crippen molar-refractivity contribution in [3.8, 4) is 5.75 Å². The summed E-state index contributed by atoms with van der Waals surface area (Å²) in [7, 11) is 1.53. The summed E-state index contributed by atoms with van der Waals surface area (Å²) < 4.78 is 5.10. The number of carbonyl (C=O) groups excluding carboxylic acids is 2. The molecule has 0 aromatic heterocycles. The Morgan fingerprint density at radius 3 is 2.11 bits per heavy atom. The van der Waals surface area contributed by atoms with E-state index in [9.17, 15) is 9.59 Å². The van der Waals surface area contributed by atoms with Gasteiger partial charge in [0.2, 0.25) is 0 Å². The van der Waals surface area contributed by atoms with Gasteiger partial charge in [-0.2, -0.15) is 0 Å². The second-order valence-electron chi connectivity index (χ2n) is 6.17. The van der Waals surface area contributed by atoms with Crippen LogP contribution in [0, 0.1) is 0 Å². The third-order valence-corrected chi connectivity index (χ3v) is 4.37. The number of rotatable bonds is 8. The fourth-order valence-electron chi connectivity index (χ4n) is 2.75. The maximum absolute atomic E-state index is 12.6. The molecule has 2 amide bonds. The van der Waals surface area contributed by atoms with Gasteiger partial charge in [-0.25, -0.2) is 0 Å². The number of anilines is 1. The van der Waals surface area contributed by atoms with Gasteiger partial charge in [-0.3, -0.25) is 9.59 Å². The lowest BCUT2D eigenvalue weighted by molar-refractivity contribution is 0.0755. The molecule has 6 heteroatoms. The molecule has 0 radical (unpaired) electrons. The zero-order valence-corrected chi connectivity index (χ0v) is 16.7. The first kappa shape index (κ1) is 20.8. The van der Waals surface area contributed by atoms with E-state index in [1.165, 1.54) is 7.11 Å². The number of hydrogen-bond donors (Lipinski definition) is 1. The van der Waals surface area contributed by atoms with Gasteiger partial charge < -0.3 is 15.0 Å².